The second-order valence-corrected chi connectivity index (χ2v) is 12.0. The molecule has 0 bridgehead atoms. The summed E-state index contributed by atoms with van der Waals surface area (Å²) >= 11 is 0. The number of imide groups is 1. The largest absolute Gasteiger partial charge is 0.491 e. The Morgan fingerprint density at radius 2 is 1.44 bits per heavy atom. The van der Waals surface area contributed by atoms with Crippen molar-refractivity contribution in [1.82, 2.24) is 15.3 Å². The minimum Gasteiger partial charge on any atom is -0.491 e. The highest BCUT2D eigenvalue weighted by molar-refractivity contribution is 6.00. The molecular weight excluding hydrogens is 650 g/mol. The summed E-state index contributed by atoms with van der Waals surface area (Å²) in [5.41, 5.74) is 0. The molecule has 1 fully saturated rings. The van der Waals surface area contributed by atoms with Gasteiger partial charge in [0, 0.05) is 31.8 Å². The maximum Gasteiger partial charge on any atom is 0.320 e. The Morgan fingerprint density at radius 1 is 0.860 bits per heavy atom. The maximum absolute atomic E-state index is 11.6. The quantitative estimate of drug-likeness (QED) is 0.0944. The number of unbranched alkanes of at least 4 members (excludes halogenated alkanes) is 2. The van der Waals surface area contributed by atoms with Gasteiger partial charge in [-0.1, -0.05) is 58.7 Å². The number of ketones is 1. The molecule has 0 aliphatic carbocycles. The van der Waals surface area contributed by atoms with Gasteiger partial charge in [-0.2, -0.15) is 5.06 Å². The SMILES string of the molecule is CC.CC(=O)CN(CC(=O)O)C(CCCCCC(=O)OCCNC(C)C)C(=O)O.CC(C)ON1C(=O)CCC1=O.CC(C)Oc1ccccc1. The van der Waals surface area contributed by atoms with Crippen LogP contribution in [-0.2, 0) is 38.3 Å². The van der Waals surface area contributed by atoms with Crippen molar-refractivity contribution in [3.8, 4) is 5.75 Å². The standard InChI is InChI=1S/C18H32N2O7.C9H12O.C7H11NO3.C2H6/c1-13(2)19-9-10-27-17(24)8-6-4-5-7-15(18(25)26)20(11-14(3)21)12-16(22)23;1-8(2)10-9-6-4-3-5-7-9;1-5(2)11-8-6(9)3-4-7(8)10;1-2/h13,15,19H,4-12H2,1-3H3,(H,22,23)(H,25,26);3-8H,1-2H3;5H,3-4H2,1-2H3;1-2H3. The molecule has 14 nitrogen and oxygen atoms in total. The van der Waals surface area contributed by atoms with Gasteiger partial charge in [-0.15, -0.1) is 0 Å². The van der Waals surface area contributed by atoms with E-state index in [2.05, 4.69) is 5.32 Å². The Labute approximate surface area is 297 Å². The summed E-state index contributed by atoms with van der Waals surface area (Å²) in [6.45, 7) is 17.1. The summed E-state index contributed by atoms with van der Waals surface area (Å²) in [4.78, 5) is 73.1. The molecule has 1 aliphatic heterocycles. The molecule has 0 aromatic heterocycles. The number of hydroxylamine groups is 2. The zero-order valence-electron chi connectivity index (χ0n) is 31.4. The van der Waals surface area contributed by atoms with Crippen LogP contribution < -0.4 is 10.1 Å². The number of rotatable bonds is 20. The first-order valence-corrected chi connectivity index (χ1v) is 17.3. The molecule has 2 amide bonds. The molecule has 1 unspecified atom stereocenters. The second kappa shape index (κ2) is 28.9. The van der Waals surface area contributed by atoms with E-state index in [1.54, 1.807) is 13.8 Å². The van der Waals surface area contributed by atoms with Crippen LogP contribution in [0.15, 0.2) is 30.3 Å². The number of carbonyl (C=O) groups excluding carboxylic acids is 4. The zero-order valence-corrected chi connectivity index (χ0v) is 31.4. The number of carboxylic acid groups (broad SMARTS) is 2. The van der Waals surface area contributed by atoms with Crippen LogP contribution in [0.25, 0.3) is 0 Å². The Balaban J connectivity index is 0. The molecule has 0 spiro atoms. The van der Waals surface area contributed by atoms with Gasteiger partial charge in [0.15, 0.2) is 0 Å². The average Bonchev–Trinajstić information content (AvgIpc) is 3.33. The Bertz CT molecular complexity index is 1100. The number of ether oxygens (including phenoxy) is 2. The van der Waals surface area contributed by atoms with Crippen LogP contribution in [0.4, 0.5) is 0 Å². The summed E-state index contributed by atoms with van der Waals surface area (Å²) in [5.74, 6) is -2.45. The second-order valence-electron chi connectivity index (χ2n) is 12.0. The summed E-state index contributed by atoms with van der Waals surface area (Å²) in [7, 11) is 0. The van der Waals surface area contributed by atoms with Gasteiger partial charge in [-0.25, -0.2) is 0 Å². The van der Waals surface area contributed by atoms with Gasteiger partial charge in [0.2, 0.25) is 0 Å². The van der Waals surface area contributed by atoms with Crippen molar-refractivity contribution in [3.05, 3.63) is 30.3 Å². The number of esters is 1. The maximum atomic E-state index is 11.6. The highest BCUT2D eigenvalue weighted by Gasteiger charge is 2.31. The van der Waals surface area contributed by atoms with Gasteiger partial charge in [-0.05, 0) is 59.6 Å². The van der Waals surface area contributed by atoms with E-state index in [4.69, 9.17) is 19.4 Å². The lowest BCUT2D eigenvalue weighted by atomic mass is 10.1. The third kappa shape index (κ3) is 26.0. The first-order chi connectivity index (χ1) is 23.5. The van der Waals surface area contributed by atoms with Gasteiger partial charge in [0.25, 0.3) is 11.8 Å². The number of hydrogen-bond acceptors (Lipinski definition) is 11. The first-order valence-electron chi connectivity index (χ1n) is 17.3. The summed E-state index contributed by atoms with van der Waals surface area (Å²) in [5, 5.41) is 22.3. The van der Waals surface area contributed by atoms with Crippen molar-refractivity contribution >= 4 is 35.5 Å². The van der Waals surface area contributed by atoms with Crippen molar-refractivity contribution in [2.24, 2.45) is 0 Å². The van der Waals surface area contributed by atoms with Crippen molar-refractivity contribution in [1.29, 1.82) is 0 Å². The molecule has 50 heavy (non-hydrogen) atoms. The predicted octanol–water partition coefficient (Wildman–Crippen LogP) is 4.88. The number of carbonyl (C=O) groups is 6. The van der Waals surface area contributed by atoms with E-state index in [1.165, 1.54) is 6.92 Å². The molecule has 2 rings (SSSR count). The number of hydrogen-bond donors (Lipinski definition) is 3. The van der Waals surface area contributed by atoms with Crippen molar-refractivity contribution in [2.75, 3.05) is 26.2 Å². The van der Waals surface area contributed by atoms with Crippen LogP contribution >= 0.6 is 0 Å². The van der Waals surface area contributed by atoms with Crippen LogP contribution in [-0.4, -0.2) is 106 Å². The highest BCUT2D eigenvalue weighted by atomic mass is 16.7. The summed E-state index contributed by atoms with van der Waals surface area (Å²) in [6, 6.07) is 9.12. The average molecular weight is 712 g/mol. The monoisotopic (exact) mass is 711 g/mol. The molecule has 14 heteroatoms. The zero-order chi connectivity index (χ0) is 38.6. The van der Waals surface area contributed by atoms with Crippen LogP contribution in [0.2, 0.25) is 0 Å². The topological polar surface area (TPSA) is 189 Å². The predicted molar refractivity (Wildman–Crippen MR) is 189 cm³/mol. The van der Waals surface area contributed by atoms with Crippen molar-refractivity contribution < 1.29 is 53.3 Å². The number of amides is 2. The molecule has 0 saturated carbocycles. The van der Waals surface area contributed by atoms with Crippen LogP contribution in [0.3, 0.4) is 0 Å². The van der Waals surface area contributed by atoms with Gasteiger partial charge >= 0.3 is 17.9 Å². The smallest absolute Gasteiger partial charge is 0.320 e. The van der Waals surface area contributed by atoms with E-state index in [1.807, 2.05) is 71.9 Å². The van der Waals surface area contributed by atoms with E-state index < -0.39 is 24.5 Å². The number of carboxylic acids is 2. The third-order valence-electron chi connectivity index (χ3n) is 6.20. The fraction of sp³-hybridized carbons (Fsp3) is 0.667. The fourth-order valence-corrected chi connectivity index (χ4v) is 4.22. The highest BCUT2D eigenvalue weighted by Crippen LogP contribution is 2.14. The van der Waals surface area contributed by atoms with Gasteiger partial charge < -0.3 is 25.0 Å². The van der Waals surface area contributed by atoms with E-state index in [-0.39, 0.29) is 68.0 Å². The molecular formula is C36H61N3O11. The lowest BCUT2D eigenvalue weighted by molar-refractivity contribution is -0.198. The number of benzene rings is 1. The molecule has 1 aromatic carbocycles. The minimum atomic E-state index is -1.18. The molecule has 3 N–H and O–H groups in total. The third-order valence-corrected chi connectivity index (χ3v) is 6.20. The van der Waals surface area contributed by atoms with E-state index in [0.29, 0.717) is 38.5 Å². The van der Waals surface area contributed by atoms with Crippen molar-refractivity contribution in [2.45, 2.75) is 132 Å². The number of nitrogens with one attached hydrogen (secondary N) is 1. The lowest BCUT2D eigenvalue weighted by Gasteiger charge is -2.26. The molecule has 1 atom stereocenters. The molecule has 1 aliphatic rings. The molecule has 286 valence electrons. The van der Waals surface area contributed by atoms with Gasteiger partial charge in [0.1, 0.15) is 24.2 Å². The lowest BCUT2D eigenvalue weighted by Crippen LogP contribution is -2.46. The van der Waals surface area contributed by atoms with E-state index in [9.17, 15) is 33.9 Å². The molecule has 1 heterocycles. The van der Waals surface area contributed by atoms with Crippen LogP contribution in [0.1, 0.15) is 107 Å². The Morgan fingerprint density at radius 3 is 1.90 bits per heavy atom. The van der Waals surface area contributed by atoms with Gasteiger partial charge in [-0.3, -0.25) is 38.5 Å². The number of para-hydroxylation sites is 1. The summed E-state index contributed by atoms with van der Waals surface area (Å²) in [6.07, 6.45) is 2.86. The number of aliphatic carboxylic acids is 2. The fourth-order valence-electron chi connectivity index (χ4n) is 4.22. The first kappa shape index (κ1) is 48.2. The molecule has 0 radical (unpaired) electrons. The minimum absolute atomic E-state index is 0.124. The molecule has 1 aromatic rings. The van der Waals surface area contributed by atoms with E-state index >= 15 is 0 Å². The Hall–Kier alpha value is -3.88. The van der Waals surface area contributed by atoms with E-state index in [0.717, 1.165) is 15.7 Å². The normalized spacial score (nSPS) is 12.8. The summed E-state index contributed by atoms with van der Waals surface area (Å²) < 4.78 is 10.5. The molecule has 1 saturated heterocycles. The number of Topliss-reactive ketones (excluding diaryl/α,β-unsaturated/α-hetero) is 1. The van der Waals surface area contributed by atoms with Crippen LogP contribution in [0.5, 0.6) is 5.75 Å². The Kier molecular flexibility index (Phi) is 27.9. The number of nitrogens with zero attached hydrogens (tertiary/aromatic N) is 2. The van der Waals surface area contributed by atoms with Crippen LogP contribution in [0, 0.1) is 0 Å². The van der Waals surface area contributed by atoms with Crippen molar-refractivity contribution in [3.63, 3.8) is 0 Å². The van der Waals surface area contributed by atoms with Gasteiger partial charge in [0.05, 0.1) is 25.3 Å².